The van der Waals surface area contributed by atoms with Gasteiger partial charge in [0.2, 0.25) is 0 Å². The molecule has 1 heterocycles. The molecular weight excluding hydrogens is 238 g/mol. The molecule has 0 aliphatic heterocycles. The van der Waals surface area contributed by atoms with Gasteiger partial charge in [0, 0.05) is 30.5 Å². The molecular formula is C16H21NO2. The summed E-state index contributed by atoms with van der Waals surface area (Å²) in [6, 6.07) is 8.17. The molecule has 3 heteroatoms. The number of benzene rings is 1. The van der Waals surface area contributed by atoms with Crippen molar-refractivity contribution in [3.05, 3.63) is 36.1 Å². The van der Waals surface area contributed by atoms with Crippen LogP contribution >= 0.6 is 0 Å². The number of hydrogen-bond donors (Lipinski definition) is 1. The fraction of sp³-hybridized carbons (Fsp3) is 0.500. The van der Waals surface area contributed by atoms with Crippen LogP contribution in [0.2, 0.25) is 0 Å². The van der Waals surface area contributed by atoms with Crippen LogP contribution in [0.3, 0.4) is 0 Å². The molecule has 0 saturated heterocycles. The summed E-state index contributed by atoms with van der Waals surface area (Å²) in [5.41, 5.74) is 2.44. The lowest BCUT2D eigenvalue weighted by Crippen LogP contribution is -2.30. The Morgan fingerprint density at radius 2 is 2.11 bits per heavy atom. The number of fused-ring (bicyclic) bond motifs is 1. The molecule has 3 nitrogen and oxygen atoms in total. The first-order valence-corrected chi connectivity index (χ1v) is 6.97. The molecule has 0 radical (unpaired) electrons. The van der Waals surface area contributed by atoms with Gasteiger partial charge >= 0.3 is 0 Å². The largest absolute Gasteiger partial charge is 0.464 e. The first kappa shape index (κ1) is 12.7. The first-order chi connectivity index (χ1) is 9.22. The smallest absolute Gasteiger partial charge is 0.134 e. The standard InChI is InChI=1S/C16H21NO2/c1-17(11-16(12-18)7-8-16)9-6-13-10-19-15-5-3-2-4-14(13)15/h2-5,10,18H,6-9,11-12H2,1H3. The Bertz CT molecular complexity index is 557. The van der Waals surface area contributed by atoms with E-state index in [1.54, 1.807) is 0 Å². The first-order valence-electron chi connectivity index (χ1n) is 6.97. The molecule has 1 aliphatic carbocycles. The molecule has 0 atom stereocenters. The maximum Gasteiger partial charge on any atom is 0.134 e. The Hall–Kier alpha value is -1.32. The molecule has 1 N–H and O–H groups in total. The molecule has 19 heavy (non-hydrogen) atoms. The lowest BCUT2D eigenvalue weighted by molar-refractivity contribution is 0.165. The normalized spacial score (nSPS) is 17.2. The van der Waals surface area contributed by atoms with Crippen molar-refractivity contribution in [1.29, 1.82) is 0 Å². The summed E-state index contributed by atoms with van der Waals surface area (Å²) >= 11 is 0. The maximum absolute atomic E-state index is 9.36. The third kappa shape index (κ3) is 2.67. The quantitative estimate of drug-likeness (QED) is 0.866. The Kier molecular flexibility index (Phi) is 3.33. The molecule has 0 bridgehead atoms. The number of hydrogen-bond acceptors (Lipinski definition) is 3. The molecule has 0 unspecified atom stereocenters. The van der Waals surface area contributed by atoms with Gasteiger partial charge in [-0.15, -0.1) is 0 Å². The second kappa shape index (κ2) is 4.99. The van der Waals surface area contributed by atoms with Crippen LogP contribution in [0.15, 0.2) is 34.9 Å². The van der Waals surface area contributed by atoms with E-state index in [1.165, 1.54) is 23.8 Å². The van der Waals surface area contributed by atoms with E-state index in [-0.39, 0.29) is 5.41 Å². The lowest BCUT2D eigenvalue weighted by atomic mass is 10.1. The number of nitrogens with zero attached hydrogens (tertiary/aromatic N) is 1. The minimum atomic E-state index is 0.202. The van der Waals surface area contributed by atoms with Crippen molar-refractivity contribution in [2.45, 2.75) is 19.3 Å². The minimum absolute atomic E-state index is 0.202. The SMILES string of the molecule is CN(CCc1coc2ccccc12)CC1(CO)CC1. The van der Waals surface area contributed by atoms with Gasteiger partial charge in [0.05, 0.1) is 6.26 Å². The average Bonchev–Trinajstić information content (AvgIpc) is 3.08. The van der Waals surface area contributed by atoms with E-state index in [0.29, 0.717) is 6.61 Å². The molecule has 0 spiro atoms. The Labute approximate surface area is 113 Å². The molecule has 1 aromatic carbocycles. The zero-order valence-electron chi connectivity index (χ0n) is 11.4. The number of aliphatic hydroxyl groups is 1. The van der Waals surface area contributed by atoms with E-state index < -0.39 is 0 Å². The van der Waals surface area contributed by atoms with Crippen molar-refractivity contribution in [3.8, 4) is 0 Å². The van der Waals surface area contributed by atoms with Crippen LogP contribution in [-0.4, -0.2) is 36.8 Å². The van der Waals surface area contributed by atoms with Gasteiger partial charge < -0.3 is 14.4 Å². The van der Waals surface area contributed by atoms with Crippen molar-refractivity contribution in [1.82, 2.24) is 4.90 Å². The van der Waals surface area contributed by atoms with Crippen molar-refractivity contribution in [3.63, 3.8) is 0 Å². The average molecular weight is 259 g/mol. The second-order valence-electron chi connectivity index (χ2n) is 5.90. The van der Waals surface area contributed by atoms with Crippen LogP contribution in [0.4, 0.5) is 0 Å². The van der Waals surface area contributed by atoms with E-state index in [4.69, 9.17) is 4.42 Å². The van der Waals surface area contributed by atoms with Crippen molar-refractivity contribution in [2.75, 3.05) is 26.7 Å². The molecule has 1 aliphatic rings. The van der Waals surface area contributed by atoms with Gasteiger partial charge in [-0.05, 0) is 37.9 Å². The van der Waals surface area contributed by atoms with E-state index in [2.05, 4.69) is 24.1 Å². The number of furan rings is 1. The van der Waals surface area contributed by atoms with Gasteiger partial charge in [-0.1, -0.05) is 18.2 Å². The third-order valence-corrected chi connectivity index (χ3v) is 4.22. The van der Waals surface area contributed by atoms with Crippen LogP contribution in [0.25, 0.3) is 11.0 Å². The Morgan fingerprint density at radius 1 is 1.32 bits per heavy atom. The van der Waals surface area contributed by atoms with Gasteiger partial charge in [0.1, 0.15) is 5.58 Å². The van der Waals surface area contributed by atoms with Gasteiger partial charge in [-0.3, -0.25) is 0 Å². The highest BCUT2D eigenvalue weighted by Gasteiger charge is 2.42. The van der Waals surface area contributed by atoms with E-state index >= 15 is 0 Å². The monoisotopic (exact) mass is 259 g/mol. The summed E-state index contributed by atoms with van der Waals surface area (Å²) < 4.78 is 5.56. The predicted molar refractivity (Wildman–Crippen MR) is 76.2 cm³/mol. The molecule has 3 rings (SSSR count). The molecule has 102 valence electrons. The van der Waals surface area contributed by atoms with Crippen LogP contribution in [-0.2, 0) is 6.42 Å². The summed E-state index contributed by atoms with van der Waals surface area (Å²) in [7, 11) is 2.14. The van der Waals surface area contributed by atoms with Crippen LogP contribution < -0.4 is 0 Å². The Balaban J connectivity index is 1.60. The molecule has 1 saturated carbocycles. The van der Waals surface area contributed by atoms with E-state index in [1.807, 2.05) is 18.4 Å². The lowest BCUT2D eigenvalue weighted by Gasteiger charge is -2.21. The fourth-order valence-electron chi connectivity index (χ4n) is 2.73. The number of likely N-dealkylation sites (N-methyl/N-ethyl adjacent to an activating group) is 1. The summed E-state index contributed by atoms with van der Waals surface area (Å²) in [5, 5.41) is 10.6. The van der Waals surface area contributed by atoms with Gasteiger partial charge in [-0.2, -0.15) is 0 Å². The highest BCUT2D eigenvalue weighted by Crippen LogP contribution is 2.45. The minimum Gasteiger partial charge on any atom is -0.464 e. The van der Waals surface area contributed by atoms with Crippen LogP contribution in [0, 0.1) is 5.41 Å². The molecule has 0 amide bonds. The van der Waals surface area contributed by atoms with Crippen LogP contribution in [0.1, 0.15) is 18.4 Å². The zero-order chi connectivity index (χ0) is 13.3. The van der Waals surface area contributed by atoms with E-state index in [9.17, 15) is 5.11 Å². The van der Waals surface area contributed by atoms with Gasteiger partial charge in [-0.25, -0.2) is 0 Å². The molecule has 1 fully saturated rings. The summed E-state index contributed by atoms with van der Waals surface area (Å²) in [5.74, 6) is 0. The highest BCUT2D eigenvalue weighted by atomic mass is 16.3. The van der Waals surface area contributed by atoms with Gasteiger partial charge in [0.15, 0.2) is 0 Å². The topological polar surface area (TPSA) is 36.6 Å². The van der Waals surface area contributed by atoms with Crippen molar-refractivity contribution in [2.24, 2.45) is 5.41 Å². The molecule has 2 aromatic rings. The third-order valence-electron chi connectivity index (χ3n) is 4.22. The number of aliphatic hydroxyl groups excluding tert-OH is 1. The van der Waals surface area contributed by atoms with Crippen LogP contribution in [0.5, 0.6) is 0 Å². The molecule has 1 aromatic heterocycles. The summed E-state index contributed by atoms with van der Waals surface area (Å²) in [4.78, 5) is 2.32. The summed E-state index contributed by atoms with van der Waals surface area (Å²) in [6.45, 7) is 2.33. The second-order valence-corrected chi connectivity index (χ2v) is 5.90. The fourth-order valence-corrected chi connectivity index (χ4v) is 2.73. The Morgan fingerprint density at radius 3 is 2.84 bits per heavy atom. The summed E-state index contributed by atoms with van der Waals surface area (Å²) in [6.07, 6.45) is 5.21. The van der Waals surface area contributed by atoms with Crippen molar-refractivity contribution < 1.29 is 9.52 Å². The van der Waals surface area contributed by atoms with Crippen molar-refractivity contribution >= 4 is 11.0 Å². The maximum atomic E-state index is 9.36. The van der Waals surface area contributed by atoms with Gasteiger partial charge in [0.25, 0.3) is 0 Å². The predicted octanol–water partition coefficient (Wildman–Crippen LogP) is 2.68. The van der Waals surface area contributed by atoms with E-state index in [0.717, 1.165) is 25.1 Å². The highest BCUT2D eigenvalue weighted by molar-refractivity contribution is 5.80. The zero-order valence-corrected chi connectivity index (χ0v) is 11.4. The number of para-hydroxylation sites is 1. The number of rotatable bonds is 6.